The molecule has 3 rings (SSSR count). The zero-order valence-electron chi connectivity index (χ0n) is 13.1. The molecule has 24 heavy (non-hydrogen) atoms. The van der Waals surface area contributed by atoms with Gasteiger partial charge < -0.3 is 9.47 Å². The molecular formula is C17H14N2O4S. The molecule has 0 fully saturated rings. The zero-order chi connectivity index (χ0) is 17.1. The summed E-state index contributed by atoms with van der Waals surface area (Å²) in [4.78, 5) is 14.9. The minimum absolute atomic E-state index is 0.0687. The van der Waals surface area contributed by atoms with E-state index in [0.29, 0.717) is 11.5 Å². The van der Waals surface area contributed by atoms with Crippen LogP contribution in [0.2, 0.25) is 0 Å². The molecule has 0 N–H and O–H groups in total. The summed E-state index contributed by atoms with van der Waals surface area (Å²) in [5.74, 6) is 1.41. The van der Waals surface area contributed by atoms with Crippen LogP contribution >= 0.6 is 11.3 Å². The van der Waals surface area contributed by atoms with E-state index in [2.05, 4.69) is 4.98 Å². The van der Waals surface area contributed by atoms with Crippen LogP contribution in [-0.4, -0.2) is 24.1 Å². The standard InChI is InChI=1S/C17H14N2O4S/c1-22-13-7-11(8-14(10-13)23-2)3-6-17-18-15-5-4-12(19(20)21)9-16(15)24-17/h3-10H,1-2H3/b6-3+. The number of nitrogens with zero attached hydrogens (tertiary/aromatic N) is 2. The van der Waals surface area contributed by atoms with E-state index in [9.17, 15) is 10.1 Å². The lowest BCUT2D eigenvalue weighted by Crippen LogP contribution is -1.88. The van der Waals surface area contributed by atoms with Gasteiger partial charge >= 0.3 is 0 Å². The Morgan fingerprint density at radius 1 is 1.08 bits per heavy atom. The monoisotopic (exact) mass is 342 g/mol. The van der Waals surface area contributed by atoms with E-state index < -0.39 is 4.92 Å². The fourth-order valence-electron chi connectivity index (χ4n) is 2.21. The lowest BCUT2D eigenvalue weighted by atomic mass is 10.2. The van der Waals surface area contributed by atoms with Crippen LogP contribution in [0.4, 0.5) is 5.69 Å². The number of rotatable bonds is 5. The van der Waals surface area contributed by atoms with Gasteiger partial charge in [0.05, 0.1) is 29.4 Å². The van der Waals surface area contributed by atoms with Crippen molar-refractivity contribution in [3.63, 3.8) is 0 Å². The second-order valence-electron chi connectivity index (χ2n) is 4.94. The normalized spacial score (nSPS) is 11.1. The summed E-state index contributed by atoms with van der Waals surface area (Å²) >= 11 is 1.40. The first-order valence-electron chi connectivity index (χ1n) is 7.05. The number of hydrogen-bond acceptors (Lipinski definition) is 6. The summed E-state index contributed by atoms with van der Waals surface area (Å²) in [6.45, 7) is 0. The molecule has 0 atom stereocenters. The first kappa shape index (κ1) is 15.9. The molecule has 0 saturated carbocycles. The third kappa shape index (κ3) is 3.36. The van der Waals surface area contributed by atoms with E-state index in [-0.39, 0.29) is 5.69 Å². The van der Waals surface area contributed by atoms with Crippen molar-refractivity contribution in [2.24, 2.45) is 0 Å². The molecule has 3 aromatic rings. The van der Waals surface area contributed by atoms with Gasteiger partial charge in [-0.3, -0.25) is 10.1 Å². The van der Waals surface area contributed by atoms with Gasteiger partial charge in [-0.1, -0.05) is 6.08 Å². The van der Waals surface area contributed by atoms with Crippen molar-refractivity contribution in [1.82, 2.24) is 4.98 Å². The van der Waals surface area contributed by atoms with Gasteiger partial charge in [-0.05, 0) is 29.8 Å². The third-order valence-electron chi connectivity index (χ3n) is 3.39. The van der Waals surface area contributed by atoms with Gasteiger partial charge in [-0.25, -0.2) is 4.98 Å². The Kier molecular flexibility index (Phi) is 4.43. The summed E-state index contributed by atoms with van der Waals surface area (Å²) in [6, 6.07) is 10.2. The van der Waals surface area contributed by atoms with Crippen molar-refractivity contribution in [3.05, 3.63) is 57.1 Å². The predicted molar refractivity (Wildman–Crippen MR) is 94.7 cm³/mol. The molecule has 0 radical (unpaired) electrons. The van der Waals surface area contributed by atoms with Crippen LogP contribution in [0.5, 0.6) is 11.5 Å². The lowest BCUT2D eigenvalue weighted by molar-refractivity contribution is -0.384. The van der Waals surface area contributed by atoms with Crippen LogP contribution in [0.15, 0.2) is 36.4 Å². The molecule has 0 spiro atoms. The molecule has 122 valence electrons. The van der Waals surface area contributed by atoms with Crippen LogP contribution in [0, 0.1) is 10.1 Å². The third-order valence-corrected chi connectivity index (χ3v) is 4.37. The highest BCUT2D eigenvalue weighted by Crippen LogP contribution is 2.28. The van der Waals surface area contributed by atoms with Gasteiger partial charge in [-0.2, -0.15) is 0 Å². The van der Waals surface area contributed by atoms with Crippen molar-refractivity contribution in [2.45, 2.75) is 0 Å². The lowest BCUT2D eigenvalue weighted by Gasteiger charge is -2.05. The van der Waals surface area contributed by atoms with E-state index in [1.807, 2.05) is 24.3 Å². The minimum Gasteiger partial charge on any atom is -0.497 e. The van der Waals surface area contributed by atoms with Gasteiger partial charge in [-0.15, -0.1) is 11.3 Å². The highest BCUT2D eigenvalue weighted by molar-refractivity contribution is 7.19. The summed E-state index contributed by atoms with van der Waals surface area (Å²) in [6.07, 6.45) is 3.77. The molecule has 7 heteroatoms. The van der Waals surface area contributed by atoms with E-state index in [4.69, 9.17) is 9.47 Å². The number of non-ortho nitro benzene ring substituents is 1. The number of aromatic nitrogens is 1. The number of nitro groups is 1. The van der Waals surface area contributed by atoms with Crippen LogP contribution in [0.3, 0.4) is 0 Å². The molecule has 1 heterocycles. The first-order valence-corrected chi connectivity index (χ1v) is 7.87. The van der Waals surface area contributed by atoms with Crippen LogP contribution in [0.25, 0.3) is 22.4 Å². The molecule has 0 aliphatic rings. The van der Waals surface area contributed by atoms with E-state index in [1.54, 1.807) is 32.4 Å². The zero-order valence-corrected chi connectivity index (χ0v) is 13.9. The second kappa shape index (κ2) is 6.67. The van der Waals surface area contributed by atoms with E-state index in [0.717, 1.165) is 20.8 Å². The maximum atomic E-state index is 10.8. The van der Waals surface area contributed by atoms with Gasteiger partial charge in [0.25, 0.3) is 5.69 Å². The Bertz CT molecular complexity index is 911. The van der Waals surface area contributed by atoms with Gasteiger partial charge in [0.15, 0.2) is 0 Å². The second-order valence-corrected chi connectivity index (χ2v) is 6.00. The molecule has 0 unspecified atom stereocenters. The van der Waals surface area contributed by atoms with Crippen molar-refractivity contribution < 1.29 is 14.4 Å². The van der Waals surface area contributed by atoms with Crippen LogP contribution < -0.4 is 9.47 Å². The molecule has 0 saturated heterocycles. The average molecular weight is 342 g/mol. The Morgan fingerprint density at radius 2 is 1.79 bits per heavy atom. The van der Waals surface area contributed by atoms with Gasteiger partial charge in [0, 0.05) is 18.2 Å². The Balaban J connectivity index is 1.91. The average Bonchev–Trinajstić information content (AvgIpc) is 3.01. The smallest absolute Gasteiger partial charge is 0.270 e. The van der Waals surface area contributed by atoms with Crippen molar-refractivity contribution in [2.75, 3.05) is 14.2 Å². The van der Waals surface area contributed by atoms with Crippen molar-refractivity contribution >= 4 is 39.4 Å². The Hall–Kier alpha value is -2.93. The molecule has 6 nitrogen and oxygen atoms in total. The number of hydrogen-bond donors (Lipinski definition) is 0. The molecule has 1 aromatic heterocycles. The topological polar surface area (TPSA) is 74.5 Å². The summed E-state index contributed by atoms with van der Waals surface area (Å²) in [5, 5.41) is 11.6. The van der Waals surface area contributed by atoms with Crippen LogP contribution in [-0.2, 0) is 0 Å². The molecular weight excluding hydrogens is 328 g/mol. The molecule has 2 aromatic carbocycles. The largest absolute Gasteiger partial charge is 0.497 e. The number of methoxy groups -OCH3 is 2. The van der Waals surface area contributed by atoms with E-state index in [1.165, 1.54) is 17.4 Å². The maximum Gasteiger partial charge on any atom is 0.270 e. The number of fused-ring (bicyclic) bond motifs is 1. The van der Waals surface area contributed by atoms with Gasteiger partial charge in [0.1, 0.15) is 16.5 Å². The highest BCUT2D eigenvalue weighted by Gasteiger charge is 2.09. The van der Waals surface area contributed by atoms with Crippen LogP contribution in [0.1, 0.15) is 10.6 Å². The van der Waals surface area contributed by atoms with Crippen molar-refractivity contribution in [3.8, 4) is 11.5 Å². The molecule has 0 amide bonds. The number of benzene rings is 2. The molecule has 0 aliphatic carbocycles. The predicted octanol–water partition coefficient (Wildman–Crippen LogP) is 4.39. The number of ether oxygens (including phenoxy) is 2. The summed E-state index contributed by atoms with van der Waals surface area (Å²) in [7, 11) is 3.20. The number of thiazole rings is 1. The van der Waals surface area contributed by atoms with Crippen molar-refractivity contribution in [1.29, 1.82) is 0 Å². The fourth-order valence-corrected chi connectivity index (χ4v) is 3.11. The van der Waals surface area contributed by atoms with E-state index >= 15 is 0 Å². The first-order chi connectivity index (χ1) is 11.6. The number of nitro benzene ring substituents is 1. The molecule has 0 aliphatic heterocycles. The Labute approximate surface area is 142 Å². The van der Waals surface area contributed by atoms with Gasteiger partial charge in [0.2, 0.25) is 0 Å². The highest BCUT2D eigenvalue weighted by atomic mass is 32.1. The minimum atomic E-state index is -0.406. The Morgan fingerprint density at radius 3 is 2.42 bits per heavy atom. The summed E-state index contributed by atoms with van der Waals surface area (Å²) in [5.41, 5.74) is 1.73. The fraction of sp³-hybridized carbons (Fsp3) is 0.118. The molecule has 0 bridgehead atoms. The SMILES string of the molecule is COc1cc(/C=C/c2nc3ccc([N+](=O)[O-])cc3s2)cc(OC)c1. The quantitative estimate of drug-likeness (QED) is 0.508. The maximum absolute atomic E-state index is 10.8. The summed E-state index contributed by atoms with van der Waals surface area (Å²) < 4.78 is 11.3.